The minimum atomic E-state index is -0.539. The summed E-state index contributed by atoms with van der Waals surface area (Å²) < 4.78 is 14.0. The average molecular weight is 398 g/mol. The predicted molar refractivity (Wildman–Crippen MR) is 107 cm³/mol. The van der Waals surface area contributed by atoms with Crippen molar-refractivity contribution >= 4 is 51.4 Å². The number of halogens is 2. The molecule has 3 nitrogen and oxygen atoms in total. The monoisotopic (exact) mass is 397 g/mol. The number of carbonyl (C=O) groups is 2. The summed E-state index contributed by atoms with van der Waals surface area (Å²) in [4.78, 5) is 26.5. The summed E-state index contributed by atoms with van der Waals surface area (Å²) in [5.74, 6) is -0.986. The number of hydrogen-bond donors (Lipinski definition) is 0. The summed E-state index contributed by atoms with van der Waals surface area (Å²) in [6, 6.07) is 17.8. The highest BCUT2D eigenvalue weighted by Crippen LogP contribution is 2.35. The lowest BCUT2D eigenvalue weighted by Crippen LogP contribution is -2.27. The van der Waals surface area contributed by atoms with E-state index in [0.29, 0.717) is 0 Å². The summed E-state index contributed by atoms with van der Waals surface area (Å²) in [7, 11) is 0. The van der Waals surface area contributed by atoms with Gasteiger partial charge in [0.2, 0.25) is 0 Å². The quantitative estimate of drug-likeness (QED) is 0.519. The van der Waals surface area contributed by atoms with Crippen molar-refractivity contribution in [1.82, 2.24) is 4.90 Å². The fourth-order valence-corrected chi connectivity index (χ4v) is 4.05. The zero-order chi connectivity index (χ0) is 19.0. The van der Waals surface area contributed by atoms with Gasteiger partial charge in [0.05, 0.1) is 16.5 Å². The Morgan fingerprint density at radius 1 is 1.00 bits per heavy atom. The lowest BCUT2D eigenvalue weighted by molar-refractivity contribution is -0.123. The molecule has 0 N–H and O–H groups in total. The smallest absolute Gasteiger partial charge is 0.268 e. The number of hydrogen-bond acceptors (Lipinski definition) is 3. The molecule has 3 aromatic rings. The second-order valence-electron chi connectivity index (χ2n) is 6.04. The highest BCUT2D eigenvalue weighted by atomic mass is 35.5. The second-order valence-corrected chi connectivity index (χ2v) is 7.44. The minimum absolute atomic E-state index is 0.106. The molecule has 0 radical (unpaired) electrons. The van der Waals surface area contributed by atoms with Crippen LogP contribution in [-0.4, -0.2) is 16.0 Å². The highest BCUT2D eigenvalue weighted by Gasteiger charge is 2.35. The van der Waals surface area contributed by atoms with Crippen molar-refractivity contribution in [1.29, 1.82) is 0 Å². The summed E-state index contributed by atoms with van der Waals surface area (Å²) in [5.41, 5.74) is 0.982. The van der Waals surface area contributed by atoms with Crippen molar-refractivity contribution in [2.24, 2.45) is 0 Å². The van der Waals surface area contributed by atoms with Crippen molar-refractivity contribution in [3.05, 3.63) is 87.5 Å². The Morgan fingerprint density at radius 2 is 1.74 bits per heavy atom. The summed E-state index contributed by atoms with van der Waals surface area (Å²) in [5, 5.41) is 1.83. The van der Waals surface area contributed by atoms with Crippen LogP contribution in [0.4, 0.5) is 9.18 Å². The molecule has 4 rings (SSSR count). The molecule has 1 aliphatic heterocycles. The van der Waals surface area contributed by atoms with Gasteiger partial charge in [0.25, 0.3) is 11.1 Å². The summed E-state index contributed by atoms with van der Waals surface area (Å²) in [6.45, 7) is 0.161. The first-order valence-electron chi connectivity index (χ1n) is 8.20. The molecule has 134 valence electrons. The lowest BCUT2D eigenvalue weighted by Gasteiger charge is -2.14. The van der Waals surface area contributed by atoms with Crippen LogP contribution in [-0.2, 0) is 11.3 Å². The molecule has 0 aromatic heterocycles. The fraction of sp³-hybridized carbons (Fsp3) is 0.0476. The SMILES string of the molecule is O=C1S/C(=C/c2c(F)cccc2Cl)C(=O)N1Cc1cccc2ccccc12. The van der Waals surface area contributed by atoms with Crippen LogP contribution in [0.25, 0.3) is 16.8 Å². The van der Waals surface area contributed by atoms with Crippen LogP contribution in [0.3, 0.4) is 0 Å². The number of amides is 2. The van der Waals surface area contributed by atoms with Gasteiger partial charge >= 0.3 is 0 Å². The Labute approximate surface area is 164 Å². The van der Waals surface area contributed by atoms with Gasteiger partial charge in [-0.1, -0.05) is 60.1 Å². The highest BCUT2D eigenvalue weighted by molar-refractivity contribution is 8.18. The first kappa shape index (κ1) is 17.8. The third-order valence-electron chi connectivity index (χ3n) is 4.36. The first-order valence-corrected chi connectivity index (χ1v) is 9.40. The summed E-state index contributed by atoms with van der Waals surface area (Å²) >= 11 is 6.81. The second kappa shape index (κ2) is 7.18. The van der Waals surface area contributed by atoms with Gasteiger partial charge in [-0.05, 0) is 46.3 Å². The molecule has 0 atom stereocenters. The van der Waals surface area contributed by atoms with E-state index in [-0.39, 0.29) is 27.3 Å². The van der Waals surface area contributed by atoms with Crippen LogP contribution in [0, 0.1) is 5.82 Å². The largest absolute Gasteiger partial charge is 0.293 e. The zero-order valence-electron chi connectivity index (χ0n) is 14.0. The third kappa shape index (κ3) is 3.36. The lowest BCUT2D eigenvalue weighted by atomic mass is 10.0. The van der Waals surface area contributed by atoms with Gasteiger partial charge < -0.3 is 0 Å². The Hall–Kier alpha value is -2.63. The van der Waals surface area contributed by atoms with Crippen molar-refractivity contribution < 1.29 is 14.0 Å². The molecule has 3 aromatic carbocycles. The van der Waals surface area contributed by atoms with E-state index in [2.05, 4.69) is 0 Å². The normalized spacial score (nSPS) is 15.9. The van der Waals surface area contributed by atoms with Gasteiger partial charge in [-0.15, -0.1) is 0 Å². The van der Waals surface area contributed by atoms with E-state index in [1.54, 1.807) is 0 Å². The van der Waals surface area contributed by atoms with E-state index >= 15 is 0 Å². The number of fused-ring (bicyclic) bond motifs is 1. The van der Waals surface area contributed by atoms with Crippen LogP contribution in [0.1, 0.15) is 11.1 Å². The molecular formula is C21H13ClFNO2S. The number of nitrogens with zero attached hydrogens (tertiary/aromatic N) is 1. The molecule has 1 saturated heterocycles. The molecule has 0 unspecified atom stereocenters. The van der Waals surface area contributed by atoms with Gasteiger partial charge in [0.15, 0.2) is 0 Å². The molecule has 0 bridgehead atoms. The van der Waals surface area contributed by atoms with Crippen molar-refractivity contribution in [3.8, 4) is 0 Å². The van der Waals surface area contributed by atoms with Crippen LogP contribution >= 0.6 is 23.4 Å². The van der Waals surface area contributed by atoms with E-state index in [1.165, 1.54) is 29.2 Å². The van der Waals surface area contributed by atoms with Crippen LogP contribution in [0.5, 0.6) is 0 Å². The number of thioether (sulfide) groups is 1. The van der Waals surface area contributed by atoms with Gasteiger partial charge in [0.1, 0.15) is 5.82 Å². The number of imide groups is 1. The molecule has 0 aliphatic carbocycles. The topological polar surface area (TPSA) is 37.4 Å². The maximum absolute atomic E-state index is 14.0. The molecule has 1 aliphatic rings. The third-order valence-corrected chi connectivity index (χ3v) is 5.59. The number of carbonyl (C=O) groups excluding carboxylic acids is 2. The summed E-state index contributed by atoms with van der Waals surface area (Å²) in [6.07, 6.45) is 1.34. The van der Waals surface area contributed by atoms with Crippen LogP contribution in [0.2, 0.25) is 5.02 Å². The fourth-order valence-electron chi connectivity index (χ4n) is 3.02. The average Bonchev–Trinajstić information content (AvgIpc) is 2.92. The molecule has 1 fully saturated rings. The van der Waals surface area contributed by atoms with E-state index < -0.39 is 11.7 Å². The molecule has 6 heteroatoms. The van der Waals surface area contributed by atoms with E-state index in [4.69, 9.17) is 11.6 Å². The van der Waals surface area contributed by atoms with Gasteiger partial charge in [0, 0.05) is 5.56 Å². The van der Waals surface area contributed by atoms with Gasteiger partial charge in [-0.2, -0.15) is 0 Å². The van der Waals surface area contributed by atoms with E-state index in [0.717, 1.165) is 28.1 Å². The minimum Gasteiger partial charge on any atom is -0.268 e. The Balaban J connectivity index is 1.67. The van der Waals surface area contributed by atoms with Crippen molar-refractivity contribution in [2.75, 3.05) is 0 Å². The molecule has 0 saturated carbocycles. The van der Waals surface area contributed by atoms with Crippen molar-refractivity contribution in [2.45, 2.75) is 6.54 Å². The molecule has 2 amide bonds. The zero-order valence-corrected chi connectivity index (χ0v) is 15.6. The van der Waals surface area contributed by atoms with Gasteiger partial charge in [-0.25, -0.2) is 4.39 Å². The Bertz CT molecular complexity index is 1090. The first-order chi connectivity index (χ1) is 13.0. The van der Waals surface area contributed by atoms with E-state index in [1.807, 2.05) is 42.5 Å². The number of benzene rings is 3. The Kier molecular flexibility index (Phi) is 4.72. The maximum Gasteiger partial charge on any atom is 0.293 e. The van der Waals surface area contributed by atoms with Gasteiger partial charge in [-0.3, -0.25) is 14.5 Å². The molecular weight excluding hydrogens is 385 g/mol. The predicted octanol–water partition coefficient (Wildman–Crippen LogP) is 5.87. The maximum atomic E-state index is 14.0. The Morgan fingerprint density at radius 3 is 2.56 bits per heavy atom. The molecule has 0 spiro atoms. The molecule has 27 heavy (non-hydrogen) atoms. The van der Waals surface area contributed by atoms with Crippen molar-refractivity contribution in [3.63, 3.8) is 0 Å². The van der Waals surface area contributed by atoms with E-state index in [9.17, 15) is 14.0 Å². The van der Waals surface area contributed by atoms with Crippen LogP contribution < -0.4 is 0 Å². The molecule has 1 heterocycles. The standard InChI is InChI=1S/C21H13ClFNO2S/c22-17-9-4-10-18(23)16(17)11-19-20(25)24(21(26)27-19)12-14-7-3-6-13-5-1-2-8-15(13)14/h1-11H,12H2/b19-11+. The number of rotatable bonds is 3. The van der Waals surface area contributed by atoms with Crippen LogP contribution in [0.15, 0.2) is 65.6 Å².